The maximum atomic E-state index is 13.1. The third-order valence-corrected chi connectivity index (χ3v) is 3.50. The molecule has 112 valence electrons. The molecule has 0 aliphatic heterocycles. The van der Waals surface area contributed by atoms with E-state index in [1.54, 1.807) is 6.92 Å². The molecule has 1 aromatic rings. The monoisotopic (exact) mass is 312 g/mol. The van der Waals surface area contributed by atoms with Crippen molar-refractivity contribution in [2.24, 2.45) is 0 Å². The molecule has 1 saturated carbocycles. The minimum atomic E-state index is -4.75. The first-order valence-electron chi connectivity index (χ1n) is 6.12. The van der Waals surface area contributed by atoms with Crippen LogP contribution in [-0.2, 0) is 10.9 Å². The van der Waals surface area contributed by atoms with Crippen LogP contribution >= 0.6 is 11.6 Å². The first-order chi connectivity index (χ1) is 9.32. The van der Waals surface area contributed by atoms with Crippen molar-refractivity contribution in [3.05, 3.63) is 29.6 Å². The van der Waals surface area contributed by atoms with Crippen LogP contribution in [-0.4, -0.2) is 24.2 Å². The van der Waals surface area contributed by atoms with Crippen LogP contribution < -0.4 is 4.74 Å². The van der Waals surface area contributed by atoms with Gasteiger partial charge in [-0.2, -0.15) is 13.2 Å². The maximum absolute atomic E-state index is 13.1. The van der Waals surface area contributed by atoms with Gasteiger partial charge in [0, 0.05) is 13.0 Å². The fraction of sp³-hybridized carbons (Fsp3) is 0.538. The van der Waals surface area contributed by atoms with Crippen LogP contribution in [0.25, 0.3) is 0 Å². The molecule has 0 amide bonds. The largest absolute Gasteiger partial charge is 0.488 e. The van der Waals surface area contributed by atoms with Crippen LogP contribution in [0.15, 0.2) is 18.2 Å². The lowest BCUT2D eigenvalue weighted by molar-refractivity contribution is -0.140. The molecule has 3 atom stereocenters. The van der Waals surface area contributed by atoms with Gasteiger partial charge >= 0.3 is 6.18 Å². The zero-order chi connectivity index (χ0) is 14.9. The van der Waals surface area contributed by atoms with E-state index in [1.165, 1.54) is 0 Å². The summed E-state index contributed by atoms with van der Waals surface area (Å²) in [6.07, 6.45) is -5.05. The number of benzene rings is 1. The average Bonchev–Trinajstić information content (AvgIpc) is 2.36. The van der Waals surface area contributed by atoms with Crippen molar-refractivity contribution in [1.29, 1.82) is 0 Å². The molecule has 1 aliphatic carbocycles. The first kappa shape index (κ1) is 15.4. The van der Waals surface area contributed by atoms with Crippen LogP contribution in [0, 0.1) is 5.82 Å². The highest BCUT2D eigenvalue weighted by molar-refractivity contribution is 6.21. The Bertz CT molecular complexity index is 478. The lowest BCUT2D eigenvalue weighted by atomic mass is 9.91. The molecule has 0 saturated heterocycles. The van der Waals surface area contributed by atoms with Gasteiger partial charge in [0.05, 0.1) is 10.9 Å². The minimum absolute atomic E-state index is 0.0444. The summed E-state index contributed by atoms with van der Waals surface area (Å²) in [7, 11) is 0. The second-order valence-corrected chi connectivity index (χ2v) is 5.03. The van der Waals surface area contributed by atoms with Crippen molar-refractivity contribution in [2.75, 3.05) is 6.61 Å². The van der Waals surface area contributed by atoms with Crippen LogP contribution in [0.3, 0.4) is 0 Å². The lowest BCUT2D eigenvalue weighted by Crippen LogP contribution is -2.52. The van der Waals surface area contributed by atoms with Gasteiger partial charge in [0.2, 0.25) is 0 Å². The van der Waals surface area contributed by atoms with Gasteiger partial charge in [0.15, 0.2) is 0 Å². The summed E-state index contributed by atoms with van der Waals surface area (Å²) in [5.41, 5.74) is -1.34. The minimum Gasteiger partial charge on any atom is -0.488 e. The Kier molecular flexibility index (Phi) is 4.44. The van der Waals surface area contributed by atoms with Gasteiger partial charge < -0.3 is 9.47 Å². The summed E-state index contributed by atoms with van der Waals surface area (Å²) >= 11 is 5.94. The Hall–Kier alpha value is -1.01. The van der Waals surface area contributed by atoms with Crippen molar-refractivity contribution in [3.63, 3.8) is 0 Å². The van der Waals surface area contributed by atoms with Crippen LogP contribution in [0.2, 0.25) is 0 Å². The summed E-state index contributed by atoms with van der Waals surface area (Å²) in [6, 6.07) is 2.56. The molecule has 7 heteroatoms. The average molecular weight is 313 g/mol. The normalized spacial score (nSPS) is 26.2. The second kappa shape index (κ2) is 5.77. The fourth-order valence-corrected chi connectivity index (χ4v) is 2.43. The van der Waals surface area contributed by atoms with Crippen LogP contribution in [0.4, 0.5) is 17.6 Å². The number of rotatable bonds is 4. The summed E-state index contributed by atoms with van der Waals surface area (Å²) in [6.45, 7) is 2.23. The molecule has 0 N–H and O–H groups in total. The second-order valence-electron chi connectivity index (χ2n) is 4.47. The summed E-state index contributed by atoms with van der Waals surface area (Å²) < 4.78 is 61.6. The van der Waals surface area contributed by atoms with Gasteiger partial charge in [-0.25, -0.2) is 4.39 Å². The fourth-order valence-electron chi connectivity index (χ4n) is 2.02. The topological polar surface area (TPSA) is 18.5 Å². The van der Waals surface area contributed by atoms with Crippen molar-refractivity contribution in [1.82, 2.24) is 0 Å². The molecule has 2 nitrogen and oxygen atoms in total. The molecule has 1 fully saturated rings. The predicted octanol–water partition coefficient (Wildman–Crippen LogP) is 4.01. The van der Waals surface area contributed by atoms with Crippen LogP contribution in [0.5, 0.6) is 5.75 Å². The molecule has 1 aliphatic rings. The van der Waals surface area contributed by atoms with E-state index in [0.717, 1.165) is 12.1 Å². The smallest absolute Gasteiger partial charge is 0.419 e. The van der Waals surface area contributed by atoms with Crippen molar-refractivity contribution in [2.45, 2.75) is 37.1 Å². The Morgan fingerprint density at radius 1 is 1.35 bits per heavy atom. The van der Waals surface area contributed by atoms with Gasteiger partial charge in [0.1, 0.15) is 23.8 Å². The van der Waals surface area contributed by atoms with Crippen molar-refractivity contribution in [3.8, 4) is 5.75 Å². The van der Waals surface area contributed by atoms with E-state index in [2.05, 4.69) is 0 Å². The summed E-state index contributed by atoms with van der Waals surface area (Å²) in [4.78, 5) is 0. The predicted molar refractivity (Wildman–Crippen MR) is 65.5 cm³/mol. The highest BCUT2D eigenvalue weighted by atomic mass is 35.5. The van der Waals surface area contributed by atoms with Crippen molar-refractivity contribution >= 4 is 11.6 Å². The van der Waals surface area contributed by atoms with Gasteiger partial charge in [-0.1, -0.05) is 0 Å². The number of ether oxygens (including phenoxy) is 2. The molecule has 0 aromatic heterocycles. The zero-order valence-electron chi connectivity index (χ0n) is 10.6. The Labute approximate surface area is 118 Å². The Balaban J connectivity index is 2.11. The van der Waals surface area contributed by atoms with Gasteiger partial charge in [-0.05, 0) is 25.1 Å². The first-order valence-corrected chi connectivity index (χ1v) is 6.55. The van der Waals surface area contributed by atoms with E-state index in [0.29, 0.717) is 19.1 Å². The molecular formula is C13H13ClF4O2. The van der Waals surface area contributed by atoms with Gasteiger partial charge in [-0.3, -0.25) is 0 Å². The maximum Gasteiger partial charge on any atom is 0.419 e. The number of halogens is 5. The molecule has 0 bridgehead atoms. The van der Waals surface area contributed by atoms with E-state index in [9.17, 15) is 17.6 Å². The van der Waals surface area contributed by atoms with E-state index in [4.69, 9.17) is 21.1 Å². The summed E-state index contributed by atoms with van der Waals surface area (Å²) in [5.74, 6) is -1.37. The molecule has 1 aromatic carbocycles. The molecule has 0 heterocycles. The standard InChI is InChI=1S/C13H13ClF4O2/c1-2-19-12-9(14)6-11(12)20-7-3-4-10(15)8(5-7)13(16,17)18/h3-5,9,11-12H,2,6H2,1H3. The van der Waals surface area contributed by atoms with E-state index >= 15 is 0 Å². The van der Waals surface area contributed by atoms with Crippen LogP contribution in [0.1, 0.15) is 18.9 Å². The molecule has 3 unspecified atom stereocenters. The zero-order valence-corrected chi connectivity index (χ0v) is 11.3. The van der Waals surface area contributed by atoms with E-state index in [1.807, 2.05) is 0 Å². The quantitative estimate of drug-likeness (QED) is 0.618. The highest BCUT2D eigenvalue weighted by Crippen LogP contribution is 2.36. The Morgan fingerprint density at radius 2 is 2.05 bits per heavy atom. The third-order valence-electron chi connectivity index (χ3n) is 3.07. The highest BCUT2D eigenvalue weighted by Gasteiger charge is 2.43. The Morgan fingerprint density at radius 3 is 2.60 bits per heavy atom. The molecule has 2 rings (SSSR count). The SMILES string of the molecule is CCOC1C(Cl)CC1Oc1ccc(F)c(C(F)(F)F)c1. The van der Waals surface area contributed by atoms with E-state index < -0.39 is 23.7 Å². The van der Waals surface area contributed by atoms with Gasteiger partial charge in [0.25, 0.3) is 0 Å². The number of alkyl halides is 4. The number of hydrogen-bond donors (Lipinski definition) is 0. The lowest BCUT2D eigenvalue weighted by Gasteiger charge is -2.40. The molecule has 0 radical (unpaired) electrons. The van der Waals surface area contributed by atoms with E-state index in [-0.39, 0.29) is 17.2 Å². The van der Waals surface area contributed by atoms with Gasteiger partial charge in [-0.15, -0.1) is 11.6 Å². The molecule has 20 heavy (non-hydrogen) atoms. The summed E-state index contributed by atoms with van der Waals surface area (Å²) in [5, 5.41) is -0.220. The number of hydrogen-bond acceptors (Lipinski definition) is 2. The van der Waals surface area contributed by atoms with Crippen molar-refractivity contribution < 1.29 is 27.0 Å². The third kappa shape index (κ3) is 3.17. The molecular weight excluding hydrogens is 300 g/mol. The molecule has 0 spiro atoms.